The van der Waals surface area contributed by atoms with Gasteiger partial charge in [-0.3, -0.25) is 0 Å². The Morgan fingerprint density at radius 3 is 2.42 bits per heavy atom. The van der Waals surface area contributed by atoms with Gasteiger partial charge in [-0.25, -0.2) is 0 Å². The minimum atomic E-state index is 0.521. The van der Waals surface area contributed by atoms with Crippen LogP contribution >= 0.6 is 0 Å². The van der Waals surface area contributed by atoms with Crippen molar-refractivity contribution in [2.45, 2.75) is 120 Å². The molecule has 0 amide bonds. The Morgan fingerprint density at radius 1 is 1.06 bits per heavy atom. The van der Waals surface area contributed by atoms with Crippen molar-refractivity contribution in [1.82, 2.24) is 0 Å². The summed E-state index contributed by atoms with van der Waals surface area (Å²) in [5.41, 5.74) is 5.39. The quantitative estimate of drug-likeness (QED) is 0.383. The Hall–Kier alpha value is -1.04. The van der Waals surface area contributed by atoms with Gasteiger partial charge in [0.05, 0.1) is 0 Å². The molecule has 0 aliphatic heterocycles. The van der Waals surface area contributed by atoms with E-state index in [4.69, 9.17) is 0 Å². The van der Waals surface area contributed by atoms with E-state index in [1.165, 1.54) is 69.8 Å². The lowest BCUT2D eigenvalue weighted by Crippen LogP contribution is -2.35. The van der Waals surface area contributed by atoms with Gasteiger partial charge >= 0.3 is 0 Å². The molecule has 0 heterocycles. The lowest BCUT2D eigenvalue weighted by molar-refractivity contribution is 0.112. The fraction of sp³-hybridized carbons (Fsp3) is 0.742. The van der Waals surface area contributed by atoms with E-state index in [1.54, 1.807) is 11.1 Å². The highest BCUT2D eigenvalue weighted by Crippen LogP contribution is 2.59. The third-order valence-corrected chi connectivity index (χ3v) is 8.13. The second-order valence-electron chi connectivity index (χ2n) is 10.0. The van der Waals surface area contributed by atoms with E-state index in [-0.39, 0.29) is 0 Å². The second-order valence-corrected chi connectivity index (χ2v) is 10.0. The van der Waals surface area contributed by atoms with Crippen LogP contribution in [0.5, 0.6) is 0 Å². The first-order chi connectivity index (χ1) is 15.0. The molecule has 0 heteroatoms. The van der Waals surface area contributed by atoms with Crippen LogP contribution in [-0.4, -0.2) is 0 Å². The predicted octanol–water partition coefficient (Wildman–Crippen LogP) is 10.5. The lowest BCUT2D eigenvalue weighted by Gasteiger charge is -2.44. The van der Waals surface area contributed by atoms with E-state index in [9.17, 15) is 0 Å². The molecule has 3 fully saturated rings. The van der Waals surface area contributed by atoms with Crippen LogP contribution in [0.3, 0.4) is 0 Å². The second kappa shape index (κ2) is 14.2. The first-order valence-corrected chi connectivity index (χ1v) is 13.7. The average molecular weight is 427 g/mol. The summed E-state index contributed by atoms with van der Waals surface area (Å²) in [4.78, 5) is 0. The van der Waals surface area contributed by atoms with Crippen molar-refractivity contribution in [1.29, 1.82) is 0 Å². The Balaban J connectivity index is 0.00000113. The molecule has 31 heavy (non-hydrogen) atoms. The molecule has 5 atom stereocenters. The first-order valence-electron chi connectivity index (χ1n) is 13.7. The van der Waals surface area contributed by atoms with Gasteiger partial charge in [-0.05, 0) is 86.9 Å². The Bertz CT molecular complexity index is 616. The molecule has 0 spiro atoms. The molecule has 0 aromatic carbocycles. The van der Waals surface area contributed by atoms with E-state index in [0.29, 0.717) is 11.3 Å². The highest BCUT2D eigenvalue weighted by atomic mass is 14.5. The number of hydrogen-bond donors (Lipinski definition) is 0. The number of rotatable bonds is 5. The van der Waals surface area contributed by atoms with Gasteiger partial charge in [0.15, 0.2) is 0 Å². The molecular formula is C31H54. The molecule has 0 bridgehead atoms. The molecule has 5 unspecified atom stereocenters. The zero-order valence-electron chi connectivity index (χ0n) is 22.4. The molecule has 3 aliphatic rings. The Morgan fingerprint density at radius 2 is 1.77 bits per heavy atom. The van der Waals surface area contributed by atoms with Crippen LogP contribution in [0, 0.1) is 29.1 Å². The van der Waals surface area contributed by atoms with Crippen LogP contribution in [0.25, 0.3) is 0 Å². The van der Waals surface area contributed by atoms with E-state index in [1.807, 2.05) is 27.7 Å². The number of fused-ring (bicyclic) bond motifs is 1. The van der Waals surface area contributed by atoms with E-state index >= 15 is 0 Å². The van der Waals surface area contributed by atoms with Gasteiger partial charge in [-0.1, -0.05) is 109 Å². The monoisotopic (exact) mass is 426 g/mol. The highest BCUT2D eigenvalue weighted by molar-refractivity contribution is 5.27. The van der Waals surface area contributed by atoms with Crippen molar-refractivity contribution < 1.29 is 0 Å². The fourth-order valence-corrected chi connectivity index (χ4v) is 6.34. The summed E-state index contributed by atoms with van der Waals surface area (Å²) in [6.45, 7) is 21.9. The maximum absolute atomic E-state index is 4.24. The Labute approximate surface area is 196 Å². The van der Waals surface area contributed by atoms with Gasteiger partial charge < -0.3 is 0 Å². The van der Waals surface area contributed by atoms with Gasteiger partial charge in [0.1, 0.15) is 0 Å². The smallest absolute Gasteiger partial charge is 0.0143 e. The lowest BCUT2D eigenvalue weighted by atomic mass is 9.61. The standard InChI is InChI=1S/C27H42.2C2H6/c1-6-7-8-10-21(3)25-16-17-26-24(11-9-18-27(25,26)5)15-14-23-13-12-20(2)22(4)19-23;2*1-2/h8,10,14-15,21-22,25-26H,2,6-7,9,11-13,16-19H2,1,3-5H3;2*1-2H3/b10-8+,23-14-,24-15+;;. The minimum Gasteiger partial charge on any atom is -0.0996 e. The van der Waals surface area contributed by atoms with Crippen molar-refractivity contribution in [3.8, 4) is 0 Å². The van der Waals surface area contributed by atoms with E-state index in [2.05, 4.69) is 58.6 Å². The van der Waals surface area contributed by atoms with Crippen LogP contribution in [0.4, 0.5) is 0 Å². The maximum Gasteiger partial charge on any atom is -0.0143 e. The zero-order valence-corrected chi connectivity index (χ0v) is 22.4. The van der Waals surface area contributed by atoms with E-state index < -0.39 is 0 Å². The summed E-state index contributed by atoms with van der Waals surface area (Å²) in [6.07, 6.45) is 23.2. The summed E-state index contributed by atoms with van der Waals surface area (Å²) < 4.78 is 0. The molecule has 0 N–H and O–H groups in total. The van der Waals surface area contributed by atoms with Crippen LogP contribution in [0.2, 0.25) is 0 Å². The van der Waals surface area contributed by atoms with Gasteiger partial charge in [0.2, 0.25) is 0 Å². The minimum absolute atomic E-state index is 0.521. The summed E-state index contributed by atoms with van der Waals surface area (Å²) in [5.74, 6) is 3.09. The summed E-state index contributed by atoms with van der Waals surface area (Å²) >= 11 is 0. The summed E-state index contributed by atoms with van der Waals surface area (Å²) in [5, 5.41) is 0. The first kappa shape index (κ1) is 28.0. The van der Waals surface area contributed by atoms with Crippen molar-refractivity contribution in [3.05, 3.63) is 47.6 Å². The van der Waals surface area contributed by atoms with Gasteiger partial charge in [0, 0.05) is 0 Å². The molecule has 3 rings (SSSR count). The normalized spacial score (nSPS) is 34.1. The molecule has 0 aromatic rings. The molecule has 3 aliphatic carbocycles. The highest BCUT2D eigenvalue weighted by Gasteiger charge is 2.50. The number of hydrogen-bond acceptors (Lipinski definition) is 0. The van der Waals surface area contributed by atoms with Crippen molar-refractivity contribution in [2.24, 2.45) is 29.1 Å². The topological polar surface area (TPSA) is 0 Å². The Kier molecular flexibility index (Phi) is 12.8. The number of unbranched alkanes of at least 4 members (excludes halogenated alkanes) is 1. The van der Waals surface area contributed by atoms with Crippen molar-refractivity contribution in [2.75, 3.05) is 0 Å². The third-order valence-electron chi connectivity index (χ3n) is 8.13. The number of allylic oxidation sites excluding steroid dienone is 7. The zero-order chi connectivity index (χ0) is 23.4. The largest absolute Gasteiger partial charge is 0.0996 e. The summed E-state index contributed by atoms with van der Waals surface area (Å²) in [7, 11) is 0. The molecule has 0 aromatic heterocycles. The average Bonchev–Trinajstić information content (AvgIpc) is 3.15. The molecule has 0 saturated heterocycles. The van der Waals surface area contributed by atoms with Crippen LogP contribution in [0.1, 0.15) is 120 Å². The maximum atomic E-state index is 4.24. The summed E-state index contributed by atoms with van der Waals surface area (Å²) in [6, 6.07) is 0. The molecular weight excluding hydrogens is 372 g/mol. The van der Waals surface area contributed by atoms with Gasteiger partial charge in [-0.2, -0.15) is 0 Å². The van der Waals surface area contributed by atoms with Crippen molar-refractivity contribution in [3.63, 3.8) is 0 Å². The van der Waals surface area contributed by atoms with Crippen molar-refractivity contribution >= 4 is 0 Å². The fourth-order valence-electron chi connectivity index (χ4n) is 6.34. The van der Waals surface area contributed by atoms with Gasteiger partial charge in [-0.15, -0.1) is 0 Å². The molecule has 0 nitrogen and oxygen atoms in total. The molecule has 3 saturated carbocycles. The molecule has 0 radical (unpaired) electrons. The molecule has 178 valence electrons. The van der Waals surface area contributed by atoms with E-state index in [0.717, 1.165) is 17.8 Å². The van der Waals surface area contributed by atoms with Crippen LogP contribution in [0.15, 0.2) is 47.6 Å². The third kappa shape index (κ3) is 7.23. The SMILES string of the molecule is C=C1CC/C(=C/C=C2\CCCC3(C)C2CCC3C(C)/C=C/CCC)CC1C.CC.CC. The predicted molar refractivity (Wildman–Crippen MR) is 142 cm³/mol. The van der Waals surface area contributed by atoms with Crippen LogP contribution < -0.4 is 0 Å². The van der Waals surface area contributed by atoms with Gasteiger partial charge in [0.25, 0.3) is 0 Å². The van der Waals surface area contributed by atoms with Crippen LogP contribution in [-0.2, 0) is 0 Å².